The zero-order valence-electron chi connectivity index (χ0n) is 9.78. The van der Waals surface area contributed by atoms with Gasteiger partial charge in [-0.1, -0.05) is 0 Å². The molecule has 1 unspecified atom stereocenters. The van der Waals surface area contributed by atoms with Gasteiger partial charge in [-0.25, -0.2) is 0 Å². The van der Waals surface area contributed by atoms with Crippen LogP contribution in [-0.4, -0.2) is 41.8 Å². The van der Waals surface area contributed by atoms with E-state index in [2.05, 4.69) is 26.5 Å². The summed E-state index contributed by atoms with van der Waals surface area (Å²) in [5.41, 5.74) is 1.22. The summed E-state index contributed by atoms with van der Waals surface area (Å²) in [5, 5.41) is 10.3. The van der Waals surface area contributed by atoms with Crippen molar-refractivity contribution in [2.24, 2.45) is 5.92 Å². The summed E-state index contributed by atoms with van der Waals surface area (Å²) < 4.78 is 0. The minimum atomic E-state index is 0. The summed E-state index contributed by atoms with van der Waals surface area (Å²) in [4.78, 5) is 2.51. The van der Waals surface area contributed by atoms with E-state index in [0.29, 0.717) is 0 Å². The molecule has 92 valence electrons. The maximum atomic E-state index is 3.98. The zero-order valence-corrected chi connectivity index (χ0v) is 10.6. The van der Waals surface area contributed by atoms with Crippen LogP contribution in [0, 0.1) is 5.92 Å². The van der Waals surface area contributed by atoms with Crippen molar-refractivity contribution in [3.8, 4) is 0 Å². The fourth-order valence-corrected chi connectivity index (χ4v) is 2.36. The predicted molar refractivity (Wildman–Crippen MR) is 67.8 cm³/mol. The average Bonchev–Trinajstić information content (AvgIpc) is 2.71. The number of nitrogens with one attached hydrogen (secondary N) is 2. The van der Waals surface area contributed by atoms with Crippen molar-refractivity contribution in [1.29, 1.82) is 0 Å². The third-order valence-corrected chi connectivity index (χ3v) is 3.05. The predicted octanol–water partition coefficient (Wildman–Crippen LogP) is 1.26. The molecule has 2 N–H and O–H groups in total. The normalized spacial score (nSPS) is 21.7. The Balaban J connectivity index is 0.00000128. The van der Waals surface area contributed by atoms with Gasteiger partial charge in [0, 0.05) is 25.0 Å². The van der Waals surface area contributed by atoms with Crippen molar-refractivity contribution < 1.29 is 0 Å². The second kappa shape index (κ2) is 6.89. The Labute approximate surface area is 103 Å². The maximum Gasteiger partial charge on any atom is 0.0492 e. The second-order valence-electron chi connectivity index (χ2n) is 4.38. The van der Waals surface area contributed by atoms with E-state index in [0.717, 1.165) is 19.0 Å². The van der Waals surface area contributed by atoms with Gasteiger partial charge in [0.1, 0.15) is 0 Å². The van der Waals surface area contributed by atoms with Crippen LogP contribution in [0.2, 0.25) is 0 Å². The Morgan fingerprint density at radius 2 is 2.50 bits per heavy atom. The third kappa shape index (κ3) is 3.77. The van der Waals surface area contributed by atoms with E-state index in [1.165, 1.54) is 31.6 Å². The van der Waals surface area contributed by atoms with Gasteiger partial charge in [0.2, 0.25) is 0 Å². The summed E-state index contributed by atoms with van der Waals surface area (Å²) in [7, 11) is 2.04. The summed E-state index contributed by atoms with van der Waals surface area (Å²) in [6, 6.07) is 2.06. The number of hydrogen-bond donors (Lipinski definition) is 2. The number of likely N-dealkylation sites (tertiary alicyclic amines) is 1. The SMILES string of the molecule is CNCC1CCCN(Cc2ccn[nH]2)C1.Cl. The molecule has 0 saturated carbocycles. The maximum absolute atomic E-state index is 3.98. The van der Waals surface area contributed by atoms with Crippen LogP contribution in [0.3, 0.4) is 0 Å². The van der Waals surface area contributed by atoms with E-state index < -0.39 is 0 Å². The fraction of sp³-hybridized carbons (Fsp3) is 0.727. The second-order valence-corrected chi connectivity index (χ2v) is 4.38. The first-order valence-electron chi connectivity index (χ1n) is 5.73. The van der Waals surface area contributed by atoms with E-state index in [4.69, 9.17) is 0 Å². The van der Waals surface area contributed by atoms with Crippen LogP contribution < -0.4 is 5.32 Å². The van der Waals surface area contributed by atoms with Crippen molar-refractivity contribution in [3.05, 3.63) is 18.0 Å². The molecule has 0 radical (unpaired) electrons. The van der Waals surface area contributed by atoms with Crippen LogP contribution in [0.5, 0.6) is 0 Å². The number of hydrogen-bond acceptors (Lipinski definition) is 3. The van der Waals surface area contributed by atoms with Crippen LogP contribution in [0.25, 0.3) is 0 Å². The molecule has 0 aliphatic carbocycles. The first-order chi connectivity index (χ1) is 7.38. The van der Waals surface area contributed by atoms with Crippen molar-refractivity contribution >= 4 is 12.4 Å². The number of aromatic nitrogens is 2. The number of halogens is 1. The minimum absolute atomic E-state index is 0. The molecule has 1 saturated heterocycles. The van der Waals surface area contributed by atoms with Crippen molar-refractivity contribution in [1.82, 2.24) is 20.4 Å². The lowest BCUT2D eigenvalue weighted by molar-refractivity contribution is 0.165. The molecule has 2 heterocycles. The monoisotopic (exact) mass is 244 g/mol. The van der Waals surface area contributed by atoms with Gasteiger partial charge in [0.25, 0.3) is 0 Å². The molecule has 0 amide bonds. The topological polar surface area (TPSA) is 44.0 Å². The standard InChI is InChI=1S/C11H20N4.ClH/c1-12-7-10-3-2-6-15(8-10)9-11-4-5-13-14-11;/h4-5,10,12H,2-3,6-9H2,1H3,(H,13,14);1H. The third-order valence-electron chi connectivity index (χ3n) is 3.05. The van der Waals surface area contributed by atoms with Crippen molar-refractivity contribution in [3.63, 3.8) is 0 Å². The van der Waals surface area contributed by atoms with Crippen LogP contribution in [0.4, 0.5) is 0 Å². The average molecular weight is 245 g/mol. The van der Waals surface area contributed by atoms with Gasteiger partial charge in [0.05, 0.1) is 0 Å². The van der Waals surface area contributed by atoms with E-state index in [-0.39, 0.29) is 12.4 Å². The Kier molecular flexibility index (Phi) is 5.80. The van der Waals surface area contributed by atoms with Crippen molar-refractivity contribution in [2.45, 2.75) is 19.4 Å². The molecule has 4 nitrogen and oxygen atoms in total. The van der Waals surface area contributed by atoms with Crippen LogP contribution in [-0.2, 0) is 6.54 Å². The number of H-pyrrole nitrogens is 1. The molecule has 1 atom stereocenters. The summed E-state index contributed by atoms with van der Waals surface area (Å²) in [6.07, 6.45) is 4.51. The molecular weight excluding hydrogens is 224 g/mol. The van der Waals surface area contributed by atoms with Gasteiger partial charge in [0.15, 0.2) is 0 Å². The number of piperidine rings is 1. The molecule has 2 rings (SSSR count). The zero-order chi connectivity index (χ0) is 10.5. The fourth-order valence-electron chi connectivity index (χ4n) is 2.36. The van der Waals surface area contributed by atoms with Gasteiger partial charge in [-0.15, -0.1) is 12.4 Å². The highest BCUT2D eigenvalue weighted by Gasteiger charge is 2.19. The molecule has 1 aromatic heterocycles. The Morgan fingerprint density at radius 1 is 1.62 bits per heavy atom. The largest absolute Gasteiger partial charge is 0.319 e. The molecule has 0 spiro atoms. The van der Waals surface area contributed by atoms with E-state index in [1.54, 1.807) is 0 Å². The number of nitrogens with zero attached hydrogens (tertiary/aromatic N) is 2. The highest BCUT2D eigenvalue weighted by atomic mass is 35.5. The highest BCUT2D eigenvalue weighted by molar-refractivity contribution is 5.85. The van der Waals surface area contributed by atoms with E-state index in [1.807, 2.05) is 13.2 Å². The van der Waals surface area contributed by atoms with Gasteiger partial charge in [-0.05, 0) is 45.0 Å². The molecular formula is C11H21ClN4. The summed E-state index contributed by atoms with van der Waals surface area (Å²) >= 11 is 0. The smallest absolute Gasteiger partial charge is 0.0492 e. The van der Waals surface area contributed by atoms with Crippen LogP contribution >= 0.6 is 12.4 Å². The first kappa shape index (κ1) is 13.5. The summed E-state index contributed by atoms with van der Waals surface area (Å²) in [6.45, 7) is 4.58. The van der Waals surface area contributed by atoms with Gasteiger partial charge < -0.3 is 5.32 Å². The van der Waals surface area contributed by atoms with Crippen LogP contribution in [0.1, 0.15) is 18.5 Å². The van der Waals surface area contributed by atoms with Gasteiger partial charge >= 0.3 is 0 Å². The van der Waals surface area contributed by atoms with Crippen molar-refractivity contribution in [2.75, 3.05) is 26.7 Å². The molecule has 16 heavy (non-hydrogen) atoms. The lowest BCUT2D eigenvalue weighted by Crippen LogP contribution is -2.38. The first-order valence-corrected chi connectivity index (χ1v) is 5.73. The quantitative estimate of drug-likeness (QED) is 0.838. The summed E-state index contributed by atoms with van der Waals surface area (Å²) in [5.74, 6) is 0.812. The van der Waals surface area contributed by atoms with E-state index >= 15 is 0 Å². The molecule has 1 fully saturated rings. The Hall–Kier alpha value is -0.580. The highest BCUT2D eigenvalue weighted by Crippen LogP contribution is 2.17. The lowest BCUT2D eigenvalue weighted by atomic mass is 9.98. The molecule has 1 aliphatic rings. The van der Waals surface area contributed by atoms with Gasteiger partial charge in [-0.3, -0.25) is 10.00 Å². The number of rotatable bonds is 4. The molecule has 0 aromatic carbocycles. The molecule has 1 aromatic rings. The minimum Gasteiger partial charge on any atom is -0.319 e. The molecule has 1 aliphatic heterocycles. The van der Waals surface area contributed by atoms with E-state index in [9.17, 15) is 0 Å². The Morgan fingerprint density at radius 3 is 3.19 bits per heavy atom. The Bertz CT molecular complexity index is 274. The van der Waals surface area contributed by atoms with Crippen LogP contribution in [0.15, 0.2) is 12.3 Å². The number of aromatic amines is 1. The van der Waals surface area contributed by atoms with Gasteiger partial charge in [-0.2, -0.15) is 5.10 Å². The lowest BCUT2D eigenvalue weighted by Gasteiger charge is -2.32. The molecule has 0 bridgehead atoms. The molecule has 5 heteroatoms.